The molecule has 0 radical (unpaired) electrons. The summed E-state index contributed by atoms with van der Waals surface area (Å²) < 4.78 is 0. The Kier molecular flexibility index (Phi) is 7.32. The molecular formula is C10H14Cl3N3O2. The van der Waals surface area contributed by atoms with E-state index in [-0.39, 0.29) is 35.5 Å². The highest BCUT2D eigenvalue weighted by Gasteiger charge is 2.17. The van der Waals surface area contributed by atoms with Gasteiger partial charge in [-0.05, 0) is 12.1 Å². The highest BCUT2D eigenvalue weighted by atomic mass is 35.5. The number of nitrogens with one attached hydrogen (secondary N) is 1. The van der Waals surface area contributed by atoms with Crippen molar-refractivity contribution < 1.29 is 4.92 Å². The lowest BCUT2D eigenvalue weighted by atomic mass is 10.2. The van der Waals surface area contributed by atoms with E-state index in [2.05, 4.69) is 10.2 Å². The van der Waals surface area contributed by atoms with Crippen LogP contribution in [0.15, 0.2) is 18.2 Å². The number of piperazine rings is 1. The van der Waals surface area contributed by atoms with Gasteiger partial charge in [0.2, 0.25) is 0 Å². The molecule has 0 saturated carbocycles. The minimum Gasteiger partial charge on any atom is -0.369 e. The summed E-state index contributed by atoms with van der Waals surface area (Å²) in [6, 6.07) is 4.94. The van der Waals surface area contributed by atoms with Crippen molar-refractivity contribution in [3.63, 3.8) is 0 Å². The number of hydrogen-bond acceptors (Lipinski definition) is 4. The summed E-state index contributed by atoms with van der Waals surface area (Å²) in [5.74, 6) is 0. The standard InChI is InChI=1S/C10H12ClN3O2.2ClH/c11-9-2-1-8(7-10(9)14(15)16)13-5-3-12-4-6-13;;/h1-2,7,12H,3-6H2;2*1H. The van der Waals surface area contributed by atoms with Crippen molar-refractivity contribution in [2.75, 3.05) is 31.1 Å². The molecule has 0 amide bonds. The quantitative estimate of drug-likeness (QED) is 0.673. The molecule has 1 aliphatic heterocycles. The Morgan fingerprint density at radius 3 is 2.44 bits per heavy atom. The van der Waals surface area contributed by atoms with Crippen LogP contribution < -0.4 is 10.2 Å². The number of rotatable bonds is 2. The maximum atomic E-state index is 10.7. The largest absolute Gasteiger partial charge is 0.369 e. The van der Waals surface area contributed by atoms with Crippen molar-refractivity contribution in [2.45, 2.75) is 0 Å². The van der Waals surface area contributed by atoms with Crippen LogP contribution in [0.3, 0.4) is 0 Å². The van der Waals surface area contributed by atoms with Crippen LogP contribution in [-0.2, 0) is 0 Å². The topological polar surface area (TPSA) is 58.4 Å². The normalized spacial score (nSPS) is 14.4. The van der Waals surface area contributed by atoms with E-state index in [0.717, 1.165) is 31.9 Å². The molecule has 0 atom stereocenters. The molecule has 18 heavy (non-hydrogen) atoms. The van der Waals surface area contributed by atoms with Crippen LogP contribution >= 0.6 is 36.4 Å². The monoisotopic (exact) mass is 313 g/mol. The van der Waals surface area contributed by atoms with E-state index in [0.29, 0.717) is 0 Å². The van der Waals surface area contributed by atoms with Crippen molar-refractivity contribution in [3.8, 4) is 0 Å². The van der Waals surface area contributed by atoms with E-state index in [9.17, 15) is 10.1 Å². The third kappa shape index (κ3) is 3.88. The fourth-order valence-corrected chi connectivity index (χ4v) is 1.95. The van der Waals surface area contributed by atoms with Crippen molar-refractivity contribution in [1.29, 1.82) is 0 Å². The summed E-state index contributed by atoms with van der Waals surface area (Å²) in [4.78, 5) is 12.4. The first kappa shape index (κ1) is 17.2. The van der Waals surface area contributed by atoms with E-state index in [4.69, 9.17) is 11.6 Å². The number of nitro benzene ring substituents is 1. The molecule has 0 unspecified atom stereocenters. The maximum Gasteiger partial charge on any atom is 0.289 e. The Hall–Kier alpha value is -0.750. The third-order valence-corrected chi connectivity index (χ3v) is 2.93. The zero-order valence-corrected chi connectivity index (χ0v) is 11.9. The molecule has 2 rings (SSSR count). The van der Waals surface area contributed by atoms with E-state index >= 15 is 0 Å². The van der Waals surface area contributed by atoms with Crippen LogP contribution in [0.4, 0.5) is 11.4 Å². The molecule has 0 spiro atoms. The molecule has 1 saturated heterocycles. The van der Waals surface area contributed by atoms with Crippen LogP contribution in [0.25, 0.3) is 0 Å². The second-order valence-electron chi connectivity index (χ2n) is 3.63. The number of benzene rings is 1. The molecule has 1 heterocycles. The predicted molar refractivity (Wildman–Crippen MR) is 77.7 cm³/mol. The van der Waals surface area contributed by atoms with E-state index in [1.807, 2.05) is 6.07 Å². The van der Waals surface area contributed by atoms with Gasteiger partial charge in [-0.25, -0.2) is 0 Å². The zero-order valence-electron chi connectivity index (χ0n) is 9.47. The van der Waals surface area contributed by atoms with Crippen LogP contribution in [0.1, 0.15) is 0 Å². The maximum absolute atomic E-state index is 10.7. The number of nitrogens with zero attached hydrogens (tertiary/aromatic N) is 2. The van der Waals surface area contributed by atoms with Gasteiger partial charge >= 0.3 is 0 Å². The lowest BCUT2D eigenvalue weighted by molar-refractivity contribution is -0.384. The van der Waals surface area contributed by atoms with E-state index < -0.39 is 4.92 Å². The number of anilines is 1. The lowest BCUT2D eigenvalue weighted by Gasteiger charge is -2.29. The van der Waals surface area contributed by atoms with Gasteiger partial charge in [0.1, 0.15) is 5.02 Å². The first-order valence-corrected chi connectivity index (χ1v) is 5.46. The van der Waals surface area contributed by atoms with Gasteiger partial charge in [0.15, 0.2) is 0 Å². The molecule has 0 aliphatic carbocycles. The van der Waals surface area contributed by atoms with E-state index in [1.165, 1.54) is 6.07 Å². The molecule has 0 aromatic heterocycles. The third-order valence-electron chi connectivity index (χ3n) is 2.61. The van der Waals surface area contributed by atoms with Gasteiger partial charge in [-0.1, -0.05) is 11.6 Å². The highest BCUT2D eigenvalue weighted by Crippen LogP contribution is 2.29. The van der Waals surface area contributed by atoms with Crippen LogP contribution in [-0.4, -0.2) is 31.1 Å². The van der Waals surface area contributed by atoms with Crippen molar-refractivity contribution in [1.82, 2.24) is 5.32 Å². The van der Waals surface area contributed by atoms with Gasteiger partial charge < -0.3 is 10.2 Å². The average molecular weight is 315 g/mol. The van der Waals surface area contributed by atoms with Gasteiger partial charge in [-0.3, -0.25) is 10.1 Å². The molecule has 1 aromatic rings. The lowest BCUT2D eigenvalue weighted by Crippen LogP contribution is -2.43. The number of halogens is 3. The molecule has 102 valence electrons. The second-order valence-corrected chi connectivity index (χ2v) is 4.04. The van der Waals surface area contributed by atoms with Crippen molar-refractivity contribution >= 4 is 47.8 Å². The smallest absolute Gasteiger partial charge is 0.289 e. The predicted octanol–water partition coefficient (Wildman–Crippen LogP) is 2.50. The summed E-state index contributed by atoms with van der Waals surface area (Å²) in [5.41, 5.74) is 0.829. The Morgan fingerprint density at radius 1 is 1.28 bits per heavy atom. The highest BCUT2D eigenvalue weighted by molar-refractivity contribution is 6.32. The van der Waals surface area contributed by atoms with Crippen molar-refractivity contribution in [2.24, 2.45) is 0 Å². The molecule has 0 bridgehead atoms. The molecule has 8 heteroatoms. The first-order chi connectivity index (χ1) is 7.68. The van der Waals surface area contributed by atoms with Crippen LogP contribution in [0.5, 0.6) is 0 Å². The molecule has 1 N–H and O–H groups in total. The first-order valence-electron chi connectivity index (χ1n) is 5.08. The zero-order chi connectivity index (χ0) is 11.5. The molecule has 1 fully saturated rings. The van der Waals surface area contributed by atoms with Crippen LogP contribution in [0, 0.1) is 10.1 Å². The average Bonchev–Trinajstić information content (AvgIpc) is 2.30. The summed E-state index contributed by atoms with van der Waals surface area (Å²) in [6.07, 6.45) is 0. The summed E-state index contributed by atoms with van der Waals surface area (Å²) in [7, 11) is 0. The van der Waals surface area contributed by atoms with Gasteiger partial charge in [0.05, 0.1) is 4.92 Å². The van der Waals surface area contributed by atoms with Gasteiger partial charge in [0, 0.05) is 37.9 Å². The minimum absolute atomic E-state index is 0. The summed E-state index contributed by atoms with van der Waals surface area (Å²) in [6.45, 7) is 3.52. The summed E-state index contributed by atoms with van der Waals surface area (Å²) in [5, 5.41) is 14.2. The minimum atomic E-state index is -0.450. The van der Waals surface area contributed by atoms with Crippen LogP contribution in [0.2, 0.25) is 5.02 Å². The fraction of sp³-hybridized carbons (Fsp3) is 0.400. The Balaban J connectivity index is 0.00000144. The molecule has 5 nitrogen and oxygen atoms in total. The second kappa shape index (κ2) is 7.63. The molecule has 1 aliphatic rings. The SMILES string of the molecule is Cl.Cl.O=[N+]([O-])c1cc(N2CCNCC2)ccc1Cl. The van der Waals surface area contributed by atoms with Gasteiger partial charge in [-0.2, -0.15) is 0 Å². The number of nitro groups is 1. The van der Waals surface area contributed by atoms with E-state index in [1.54, 1.807) is 6.07 Å². The van der Waals surface area contributed by atoms with Gasteiger partial charge in [0.25, 0.3) is 5.69 Å². The molecule has 1 aromatic carbocycles. The Morgan fingerprint density at radius 2 is 1.89 bits per heavy atom. The summed E-state index contributed by atoms with van der Waals surface area (Å²) >= 11 is 5.76. The number of hydrogen-bond donors (Lipinski definition) is 1. The fourth-order valence-electron chi connectivity index (χ4n) is 1.76. The Labute approximate surface area is 122 Å². The van der Waals surface area contributed by atoms with Gasteiger partial charge in [-0.15, -0.1) is 24.8 Å². The molecular weight excluding hydrogens is 300 g/mol. The Bertz CT molecular complexity index is 411. The van der Waals surface area contributed by atoms with Crippen molar-refractivity contribution in [3.05, 3.63) is 33.3 Å².